The van der Waals surface area contributed by atoms with E-state index in [-0.39, 0.29) is 0 Å². The van der Waals surface area contributed by atoms with Crippen molar-refractivity contribution < 1.29 is 23.2 Å². The first kappa shape index (κ1) is 16.3. The van der Waals surface area contributed by atoms with Crippen molar-refractivity contribution in [2.24, 2.45) is 5.41 Å². The molecule has 2 rings (SSSR count). The Labute approximate surface area is 126 Å². The molecule has 0 fully saturated rings. The van der Waals surface area contributed by atoms with Crippen molar-refractivity contribution in [3.8, 4) is 0 Å². The van der Waals surface area contributed by atoms with E-state index in [4.69, 9.17) is 0 Å². The summed E-state index contributed by atoms with van der Waals surface area (Å²) >= 11 is -0.447. The van der Waals surface area contributed by atoms with Gasteiger partial charge in [-0.3, -0.25) is 0 Å². The largest absolute Gasteiger partial charge is 0.116 e. The van der Waals surface area contributed by atoms with Gasteiger partial charge in [-0.25, -0.2) is 0 Å². The third-order valence-electron chi connectivity index (χ3n) is 2.82. The van der Waals surface area contributed by atoms with Crippen molar-refractivity contribution in [1.82, 2.24) is 0 Å². The van der Waals surface area contributed by atoms with Crippen molar-refractivity contribution >= 4 is 7.92 Å². The second kappa shape index (κ2) is 7.76. The van der Waals surface area contributed by atoms with E-state index in [1.54, 1.807) is 6.56 Å². The molecule has 0 spiro atoms. The van der Waals surface area contributed by atoms with Gasteiger partial charge in [0.25, 0.3) is 0 Å². The normalized spacial score (nSPS) is 20.1. The Kier molecular flexibility index (Phi) is 7.04. The summed E-state index contributed by atoms with van der Waals surface area (Å²) in [7, 11) is 0.380. The SMILES string of the molecule is CC1(C)CC=CC=[C]1[Zr][C]1=CC=CC1.CP(C)C. The molecule has 0 aliphatic heterocycles. The van der Waals surface area contributed by atoms with E-state index in [1.807, 2.05) is 0 Å². The first-order valence-electron chi connectivity index (χ1n) is 6.53. The standard InChI is InChI=1S/C8H11.C5H5.C3H9P.Zr/c1-8(2)6-4-3-5-7-8;1-2-4-5-3-1;1-4(2)3;/h3-5H,6H2,1-2H3;1-3H,4H2;1-3H3;. The van der Waals surface area contributed by atoms with Crippen LogP contribution < -0.4 is 0 Å². The fourth-order valence-corrected chi connectivity index (χ4v) is 5.14. The van der Waals surface area contributed by atoms with Crippen molar-refractivity contribution in [3.05, 3.63) is 43.0 Å². The average Bonchev–Trinajstić information content (AvgIpc) is 2.73. The van der Waals surface area contributed by atoms with Gasteiger partial charge in [-0.15, -0.1) is 7.92 Å². The van der Waals surface area contributed by atoms with E-state index < -0.39 is 23.2 Å². The van der Waals surface area contributed by atoms with E-state index in [0.29, 0.717) is 13.3 Å². The summed E-state index contributed by atoms with van der Waals surface area (Å²) in [5, 5.41) is 0. The molecule has 0 bridgehead atoms. The second-order valence-corrected chi connectivity index (χ2v) is 12.1. The molecular formula is C16H25PZr. The van der Waals surface area contributed by atoms with Crippen LogP contribution in [-0.4, -0.2) is 20.0 Å². The molecule has 0 radical (unpaired) electrons. The summed E-state index contributed by atoms with van der Waals surface area (Å²) in [5.41, 5.74) is 0.435. The molecule has 0 aromatic heterocycles. The maximum atomic E-state index is 2.38. The molecule has 98 valence electrons. The minimum Gasteiger partial charge on any atom is -0.116 e. The number of rotatable bonds is 2. The Morgan fingerprint density at radius 1 is 1.06 bits per heavy atom. The van der Waals surface area contributed by atoms with Crippen LogP contribution in [0.15, 0.2) is 43.0 Å². The van der Waals surface area contributed by atoms with Gasteiger partial charge >= 0.3 is 98.4 Å². The third kappa shape index (κ3) is 5.94. The van der Waals surface area contributed by atoms with Crippen molar-refractivity contribution in [1.29, 1.82) is 0 Å². The van der Waals surface area contributed by atoms with E-state index in [9.17, 15) is 0 Å². The van der Waals surface area contributed by atoms with Gasteiger partial charge in [-0.1, -0.05) is 0 Å². The fraction of sp³-hybridized carbons (Fsp3) is 0.500. The van der Waals surface area contributed by atoms with Gasteiger partial charge in [0.1, 0.15) is 0 Å². The zero-order chi connectivity index (χ0) is 13.6. The first-order chi connectivity index (χ1) is 8.42. The molecule has 2 heteroatoms. The molecule has 0 heterocycles. The van der Waals surface area contributed by atoms with Crippen molar-refractivity contribution in [3.63, 3.8) is 0 Å². The summed E-state index contributed by atoms with van der Waals surface area (Å²) in [5.74, 6) is 0. The minimum atomic E-state index is -0.447. The van der Waals surface area contributed by atoms with E-state index in [1.165, 1.54) is 12.8 Å². The second-order valence-electron chi connectivity index (χ2n) is 5.89. The topological polar surface area (TPSA) is 0 Å². The van der Waals surface area contributed by atoms with Crippen LogP contribution in [0, 0.1) is 5.41 Å². The fourth-order valence-electron chi connectivity index (χ4n) is 1.79. The zero-order valence-electron chi connectivity index (χ0n) is 12.3. The minimum absolute atomic E-state index is 0.380. The van der Waals surface area contributed by atoms with Gasteiger partial charge < -0.3 is 0 Å². The van der Waals surface area contributed by atoms with Crippen LogP contribution in [0.5, 0.6) is 0 Å². The monoisotopic (exact) mass is 338 g/mol. The van der Waals surface area contributed by atoms with Crippen LogP contribution >= 0.6 is 7.92 Å². The quantitative estimate of drug-likeness (QED) is 0.611. The van der Waals surface area contributed by atoms with Gasteiger partial charge in [0.2, 0.25) is 0 Å². The molecule has 0 atom stereocenters. The maximum Gasteiger partial charge on any atom is -0.0449 e. The maximum absolute atomic E-state index is 2.38. The molecular weight excluding hydrogens is 314 g/mol. The molecule has 0 amide bonds. The van der Waals surface area contributed by atoms with Crippen LogP contribution in [0.2, 0.25) is 0 Å². The Morgan fingerprint density at radius 3 is 2.17 bits per heavy atom. The van der Waals surface area contributed by atoms with Gasteiger partial charge in [0, 0.05) is 0 Å². The molecule has 2 aliphatic rings. The third-order valence-corrected chi connectivity index (χ3v) is 7.26. The summed E-state index contributed by atoms with van der Waals surface area (Å²) in [4.78, 5) is 0. The first-order valence-corrected chi connectivity index (χ1v) is 11.7. The predicted molar refractivity (Wildman–Crippen MR) is 82.2 cm³/mol. The smallest absolute Gasteiger partial charge is 0.0449 e. The van der Waals surface area contributed by atoms with Crippen LogP contribution in [0.1, 0.15) is 26.7 Å². The van der Waals surface area contributed by atoms with Crippen LogP contribution in [0.25, 0.3) is 0 Å². The van der Waals surface area contributed by atoms with Gasteiger partial charge in [-0.2, -0.15) is 0 Å². The van der Waals surface area contributed by atoms with Crippen LogP contribution in [0.3, 0.4) is 0 Å². The zero-order valence-corrected chi connectivity index (χ0v) is 15.7. The molecule has 2 aliphatic carbocycles. The molecule has 0 aromatic carbocycles. The summed E-state index contributed by atoms with van der Waals surface area (Å²) < 4.78 is 3.47. The molecule has 18 heavy (non-hydrogen) atoms. The number of allylic oxidation sites excluding steroid dienone is 8. The average molecular weight is 340 g/mol. The van der Waals surface area contributed by atoms with Crippen LogP contribution in [-0.2, 0) is 23.2 Å². The molecule has 0 N–H and O–H groups in total. The predicted octanol–water partition coefficient (Wildman–Crippen LogP) is 5.14. The summed E-state index contributed by atoms with van der Waals surface area (Å²) in [6, 6.07) is 0. The number of hydrogen-bond acceptors (Lipinski definition) is 0. The number of hydrogen-bond donors (Lipinski definition) is 0. The molecule has 0 nitrogen and oxygen atoms in total. The Balaban J connectivity index is 0.000000357. The van der Waals surface area contributed by atoms with Gasteiger partial charge in [-0.05, 0) is 20.0 Å². The Morgan fingerprint density at radius 2 is 1.67 bits per heavy atom. The Bertz CT molecular complexity index is 381. The Hall–Kier alpha value is 0.273. The van der Waals surface area contributed by atoms with Crippen molar-refractivity contribution in [2.45, 2.75) is 26.7 Å². The van der Waals surface area contributed by atoms with Crippen molar-refractivity contribution in [2.75, 3.05) is 20.0 Å². The van der Waals surface area contributed by atoms with Gasteiger partial charge in [0.15, 0.2) is 0 Å². The molecule has 0 unspecified atom stereocenters. The van der Waals surface area contributed by atoms with Gasteiger partial charge in [0.05, 0.1) is 0 Å². The van der Waals surface area contributed by atoms with E-state index in [0.717, 1.165) is 0 Å². The summed E-state index contributed by atoms with van der Waals surface area (Å²) in [6.07, 6.45) is 16.2. The molecule has 0 saturated carbocycles. The molecule has 0 saturated heterocycles. The van der Waals surface area contributed by atoms with E-state index in [2.05, 4.69) is 70.3 Å². The molecule has 0 aromatic rings. The summed E-state index contributed by atoms with van der Waals surface area (Å²) in [6.45, 7) is 11.5. The van der Waals surface area contributed by atoms with Crippen LogP contribution in [0.4, 0.5) is 0 Å². The van der Waals surface area contributed by atoms with E-state index >= 15 is 0 Å².